The van der Waals surface area contributed by atoms with Crippen LogP contribution in [0, 0.1) is 0 Å². The lowest BCUT2D eigenvalue weighted by atomic mass is 10.1. The minimum atomic E-state index is 0.535. The van der Waals surface area contributed by atoms with Crippen molar-refractivity contribution in [2.75, 3.05) is 20.1 Å². The van der Waals surface area contributed by atoms with E-state index in [0.29, 0.717) is 6.04 Å². The normalized spacial score (nSPS) is 13.1. The third-order valence-corrected chi connectivity index (χ3v) is 3.16. The average Bonchev–Trinajstić information content (AvgIpc) is 2.29. The summed E-state index contributed by atoms with van der Waals surface area (Å²) in [5.74, 6) is 0. The van der Waals surface area contributed by atoms with Crippen molar-refractivity contribution >= 4 is 11.6 Å². The third-order valence-electron chi connectivity index (χ3n) is 2.91. The second kappa shape index (κ2) is 6.89. The van der Waals surface area contributed by atoms with Crippen LogP contribution in [0.2, 0.25) is 5.02 Å². The summed E-state index contributed by atoms with van der Waals surface area (Å²) in [6.45, 7) is 4.06. The highest BCUT2D eigenvalue weighted by molar-refractivity contribution is 6.30. The van der Waals surface area contributed by atoms with Gasteiger partial charge in [0.2, 0.25) is 0 Å². The molecule has 2 N–H and O–H groups in total. The van der Waals surface area contributed by atoms with E-state index < -0.39 is 0 Å². The Labute approximate surface area is 103 Å². The van der Waals surface area contributed by atoms with Crippen LogP contribution in [0.25, 0.3) is 0 Å². The Bertz CT molecular complexity index is 297. The highest BCUT2D eigenvalue weighted by atomic mass is 35.5. The lowest BCUT2D eigenvalue weighted by Gasteiger charge is -2.24. The first-order valence-corrected chi connectivity index (χ1v) is 6.16. The number of nitrogens with two attached hydrogens (primary N) is 1. The number of halogens is 1. The lowest BCUT2D eigenvalue weighted by molar-refractivity contribution is 0.255. The number of likely N-dealkylation sites (N-methyl/N-ethyl adjacent to an activating group) is 1. The number of rotatable bonds is 6. The van der Waals surface area contributed by atoms with Crippen molar-refractivity contribution in [1.82, 2.24) is 4.90 Å². The SMILES string of the molecule is CC(Cc1ccc(Cl)cc1)N(C)CCCN. The molecule has 1 aromatic rings. The number of hydrogen-bond acceptors (Lipinski definition) is 2. The average molecular weight is 241 g/mol. The Morgan fingerprint density at radius 3 is 2.50 bits per heavy atom. The van der Waals surface area contributed by atoms with Gasteiger partial charge in [-0.3, -0.25) is 0 Å². The molecule has 0 bridgehead atoms. The molecule has 0 radical (unpaired) electrons. The van der Waals surface area contributed by atoms with Crippen molar-refractivity contribution in [2.45, 2.75) is 25.8 Å². The molecule has 0 fully saturated rings. The predicted octanol–water partition coefficient (Wildman–Crippen LogP) is 2.55. The minimum Gasteiger partial charge on any atom is -0.330 e. The monoisotopic (exact) mass is 240 g/mol. The van der Waals surface area contributed by atoms with Gasteiger partial charge < -0.3 is 10.6 Å². The summed E-state index contributed by atoms with van der Waals surface area (Å²) < 4.78 is 0. The maximum atomic E-state index is 5.85. The highest BCUT2D eigenvalue weighted by Crippen LogP contribution is 2.12. The molecule has 3 heteroatoms. The summed E-state index contributed by atoms with van der Waals surface area (Å²) in [6, 6.07) is 8.62. The minimum absolute atomic E-state index is 0.535. The van der Waals surface area contributed by atoms with E-state index in [1.165, 1.54) is 5.56 Å². The van der Waals surface area contributed by atoms with Gasteiger partial charge in [0.1, 0.15) is 0 Å². The summed E-state index contributed by atoms with van der Waals surface area (Å²) >= 11 is 5.85. The summed E-state index contributed by atoms with van der Waals surface area (Å²) in [5.41, 5.74) is 6.83. The van der Waals surface area contributed by atoms with Gasteiger partial charge in [0.25, 0.3) is 0 Å². The Hall–Kier alpha value is -0.570. The quantitative estimate of drug-likeness (QED) is 0.828. The van der Waals surface area contributed by atoms with E-state index in [1.807, 2.05) is 12.1 Å². The molecule has 0 aromatic heterocycles. The fraction of sp³-hybridized carbons (Fsp3) is 0.538. The van der Waals surface area contributed by atoms with E-state index in [4.69, 9.17) is 17.3 Å². The van der Waals surface area contributed by atoms with Crippen molar-refractivity contribution in [3.63, 3.8) is 0 Å². The van der Waals surface area contributed by atoms with Gasteiger partial charge in [-0.15, -0.1) is 0 Å². The van der Waals surface area contributed by atoms with Crippen LogP contribution in [0.3, 0.4) is 0 Å². The van der Waals surface area contributed by atoms with E-state index >= 15 is 0 Å². The maximum Gasteiger partial charge on any atom is 0.0406 e. The predicted molar refractivity (Wildman–Crippen MR) is 70.9 cm³/mol. The smallest absolute Gasteiger partial charge is 0.0406 e. The van der Waals surface area contributed by atoms with Crippen molar-refractivity contribution in [2.24, 2.45) is 5.73 Å². The standard InChI is InChI=1S/C13H21ClN2/c1-11(16(2)9-3-8-15)10-12-4-6-13(14)7-5-12/h4-7,11H,3,8-10,15H2,1-2H3. The van der Waals surface area contributed by atoms with Gasteiger partial charge in [-0.1, -0.05) is 23.7 Å². The molecular formula is C13H21ClN2. The molecule has 1 atom stereocenters. The van der Waals surface area contributed by atoms with Crippen LogP contribution in [0.5, 0.6) is 0 Å². The molecule has 0 heterocycles. The number of nitrogens with zero attached hydrogens (tertiary/aromatic N) is 1. The van der Waals surface area contributed by atoms with Gasteiger partial charge in [-0.2, -0.15) is 0 Å². The third kappa shape index (κ3) is 4.52. The van der Waals surface area contributed by atoms with Crippen LogP contribution in [0.4, 0.5) is 0 Å². The van der Waals surface area contributed by atoms with Gasteiger partial charge in [-0.25, -0.2) is 0 Å². The van der Waals surface area contributed by atoms with E-state index in [2.05, 4.69) is 31.0 Å². The van der Waals surface area contributed by atoms with Gasteiger partial charge >= 0.3 is 0 Å². The molecule has 0 aliphatic carbocycles. The van der Waals surface area contributed by atoms with Gasteiger partial charge in [0, 0.05) is 11.1 Å². The van der Waals surface area contributed by atoms with Gasteiger partial charge in [-0.05, 0) is 57.6 Å². The first-order chi connectivity index (χ1) is 7.63. The van der Waals surface area contributed by atoms with Crippen molar-refractivity contribution in [3.05, 3.63) is 34.9 Å². The molecule has 1 unspecified atom stereocenters. The molecule has 2 nitrogen and oxygen atoms in total. The van der Waals surface area contributed by atoms with Gasteiger partial charge in [0.05, 0.1) is 0 Å². The number of hydrogen-bond donors (Lipinski definition) is 1. The molecule has 1 rings (SSSR count). The zero-order valence-electron chi connectivity index (χ0n) is 10.1. The molecule has 0 aliphatic heterocycles. The maximum absolute atomic E-state index is 5.85. The van der Waals surface area contributed by atoms with E-state index in [-0.39, 0.29) is 0 Å². The first kappa shape index (κ1) is 13.5. The van der Waals surface area contributed by atoms with Crippen molar-refractivity contribution in [1.29, 1.82) is 0 Å². The van der Waals surface area contributed by atoms with Gasteiger partial charge in [0.15, 0.2) is 0 Å². The fourth-order valence-electron chi connectivity index (χ4n) is 1.68. The lowest BCUT2D eigenvalue weighted by Crippen LogP contribution is -2.32. The largest absolute Gasteiger partial charge is 0.330 e. The van der Waals surface area contributed by atoms with E-state index in [9.17, 15) is 0 Å². The zero-order valence-corrected chi connectivity index (χ0v) is 10.9. The van der Waals surface area contributed by atoms with Crippen LogP contribution >= 0.6 is 11.6 Å². The Balaban J connectivity index is 2.43. The summed E-state index contributed by atoms with van der Waals surface area (Å²) in [7, 11) is 2.15. The van der Waals surface area contributed by atoms with Crippen LogP contribution in [0.15, 0.2) is 24.3 Å². The molecule has 0 saturated carbocycles. The molecule has 0 aliphatic rings. The number of benzene rings is 1. The fourth-order valence-corrected chi connectivity index (χ4v) is 1.80. The second-order valence-electron chi connectivity index (χ2n) is 4.30. The zero-order chi connectivity index (χ0) is 12.0. The summed E-state index contributed by atoms with van der Waals surface area (Å²) in [4.78, 5) is 2.35. The molecular weight excluding hydrogens is 220 g/mol. The summed E-state index contributed by atoms with van der Waals surface area (Å²) in [5, 5.41) is 0.799. The second-order valence-corrected chi connectivity index (χ2v) is 4.74. The molecule has 0 amide bonds. The van der Waals surface area contributed by atoms with Crippen molar-refractivity contribution in [3.8, 4) is 0 Å². The molecule has 16 heavy (non-hydrogen) atoms. The first-order valence-electron chi connectivity index (χ1n) is 5.78. The Morgan fingerprint density at radius 1 is 1.31 bits per heavy atom. The van der Waals surface area contributed by atoms with Crippen LogP contribution in [-0.2, 0) is 6.42 Å². The van der Waals surface area contributed by atoms with E-state index in [0.717, 1.165) is 31.0 Å². The van der Waals surface area contributed by atoms with Crippen LogP contribution in [-0.4, -0.2) is 31.1 Å². The topological polar surface area (TPSA) is 29.3 Å². The summed E-state index contributed by atoms with van der Waals surface area (Å²) in [6.07, 6.45) is 2.11. The van der Waals surface area contributed by atoms with Crippen molar-refractivity contribution < 1.29 is 0 Å². The molecule has 0 saturated heterocycles. The highest BCUT2D eigenvalue weighted by Gasteiger charge is 2.09. The van der Waals surface area contributed by atoms with E-state index in [1.54, 1.807) is 0 Å². The molecule has 1 aromatic carbocycles. The molecule has 0 spiro atoms. The van der Waals surface area contributed by atoms with Crippen LogP contribution < -0.4 is 5.73 Å². The molecule has 90 valence electrons. The Morgan fingerprint density at radius 2 is 1.94 bits per heavy atom. The van der Waals surface area contributed by atoms with Crippen LogP contribution in [0.1, 0.15) is 18.9 Å². The Kier molecular flexibility index (Phi) is 5.81.